The number of halogens is 1. The van der Waals surface area contributed by atoms with Crippen molar-refractivity contribution in [3.05, 3.63) is 53.1 Å². The molecule has 114 valence electrons. The molecule has 22 heavy (non-hydrogen) atoms. The van der Waals surface area contributed by atoms with Crippen molar-refractivity contribution in [2.45, 2.75) is 6.42 Å². The first-order chi connectivity index (χ1) is 10.6. The Hall–Kier alpha value is -2.20. The largest absolute Gasteiger partial charge is 0.486 e. The summed E-state index contributed by atoms with van der Waals surface area (Å²) in [7, 11) is 1.74. The molecule has 0 atom stereocenters. The SMILES string of the molecule is CN(C(=O)Cc1ccccc1Cl)c1ccc2c(c1)OCCO2. The van der Waals surface area contributed by atoms with Gasteiger partial charge in [0, 0.05) is 23.8 Å². The maximum atomic E-state index is 12.4. The lowest BCUT2D eigenvalue weighted by molar-refractivity contribution is -0.117. The number of benzene rings is 2. The highest BCUT2D eigenvalue weighted by Gasteiger charge is 2.17. The Morgan fingerprint density at radius 3 is 2.64 bits per heavy atom. The van der Waals surface area contributed by atoms with Crippen molar-refractivity contribution in [3.8, 4) is 11.5 Å². The van der Waals surface area contributed by atoms with Crippen molar-refractivity contribution in [1.82, 2.24) is 0 Å². The summed E-state index contributed by atoms with van der Waals surface area (Å²) in [5.74, 6) is 1.34. The van der Waals surface area contributed by atoms with E-state index < -0.39 is 0 Å². The summed E-state index contributed by atoms with van der Waals surface area (Å²) >= 11 is 6.11. The molecule has 1 aliphatic rings. The Balaban J connectivity index is 1.77. The molecular formula is C17H16ClNO3. The van der Waals surface area contributed by atoms with Gasteiger partial charge in [-0.1, -0.05) is 29.8 Å². The van der Waals surface area contributed by atoms with Crippen molar-refractivity contribution >= 4 is 23.2 Å². The number of hydrogen-bond acceptors (Lipinski definition) is 3. The molecule has 0 unspecified atom stereocenters. The lowest BCUT2D eigenvalue weighted by Crippen LogP contribution is -2.28. The smallest absolute Gasteiger partial charge is 0.231 e. The van der Waals surface area contributed by atoms with Crippen LogP contribution in [0.2, 0.25) is 5.02 Å². The van der Waals surface area contributed by atoms with Crippen LogP contribution in [0.25, 0.3) is 0 Å². The number of ether oxygens (including phenoxy) is 2. The molecule has 0 bridgehead atoms. The molecule has 1 heterocycles. The fourth-order valence-corrected chi connectivity index (χ4v) is 2.51. The van der Waals surface area contributed by atoms with Gasteiger partial charge >= 0.3 is 0 Å². The van der Waals surface area contributed by atoms with Crippen molar-refractivity contribution < 1.29 is 14.3 Å². The zero-order valence-corrected chi connectivity index (χ0v) is 13.0. The summed E-state index contributed by atoms with van der Waals surface area (Å²) in [4.78, 5) is 14.0. The van der Waals surface area contributed by atoms with Crippen LogP contribution in [0.15, 0.2) is 42.5 Å². The standard InChI is InChI=1S/C17H16ClNO3/c1-19(17(20)10-12-4-2-3-5-14(12)18)13-6-7-15-16(11-13)22-9-8-21-15/h2-7,11H,8-10H2,1H3. The molecule has 4 nitrogen and oxygen atoms in total. The molecule has 0 aromatic heterocycles. The Kier molecular flexibility index (Phi) is 4.20. The van der Waals surface area contributed by atoms with E-state index in [-0.39, 0.29) is 12.3 Å². The van der Waals surface area contributed by atoms with Gasteiger partial charge in [-0.25, -0.2) is 0 Å². The van der Waals surface area contributed by atoms with Gasteiger partial charge in [0.05, 0.1) is 6.42 Å². The highest BCUT2D eigenvalue weighted by atomic mass is 35.5. The van der Waals surface area contributed by atoms with E-state index in [1.54, 1.807) is 18.0 Å². The fraction of sp³-hybridized carbons (Fsp3) is 0.235. The van der Waals surface area contributed by atoms with Gasteiger partial charge in [0.25, 0.3) is 0 Å². The number of nitrogens with zero attached hydrogens (tertiary/aromatic N) is 1. The van der Waals surface area contributed by atoms with E-state index in [2.05, 4.69) is 0 Å². The number of hydrogen-bond donors (Lipinski definition) is 0. The highest BCUT2D eigenvalue weighted by Crippen LogP contribution is 2.33. The Morgan fingerprint density at radius 1 is 1.14 bits per heavy atom. The number of carbonyl (C=O) groups is 1. The van der Waals surface area contributed by atoms with E-state index in [4.69, 9.17) is 21.1 Å². The molecule has 0 spiro atoms. The number of rotatable bonds is 3. The third kappa shape index (κ3) is 3.02. The van der Waals surface area contributed by atoms with Crippen molar-refractivity contribution in [1.29, 1.82) is 0 Å². The molecule has 5 heteroatoms. The first-order valence-electron chi connectivity index (χ1n) is 7.05. The molecule has 1 aliphatic heterocycles. The molecule has 2 aromatic carbocycles. The van der Waals surface area contributed by atoms with Crippen LogP contribution >= 0.6 is 11.6 Å². The van der Waals surface area contributed by atoms with Crippen LogP contribution in [0.5, 0.6) is 11.5 Å². The van der Waals surface area contributed by atoms with Gasteiger partial charge in [-0.2, -0.15) is 0 Å². The van der Waals surface area contributed by atoms with Crippen LogP contribution in [0, 0.1) is 0 Å². The average Bonchev–Trinajstić information content (AvgIpc) is 2.55. The molecule has 0 radical (unpaired) electrons. The van der Waals surface area contributed by atoms with E-state index >= 15 is 0 Å². The first kappa shape index (κ1) is 14.7. The van der Waals surface area contributed by atoms with Crippen LogP contribution in [0.4, 0.5) is 5.69 Å². The van der Waals surface area contributed by atoms with E-state index in [0.29, 0.717) is 29.7 Å². The van der Waals surface area contributed by atoms with Crippen LogP contribution in [0.3, 0.4) is 0 Å². The summed E-state index contributed by atoms with van der Waals surface area (Å²) in [6.45, 7) is 1.07. The van der Waals surface area contributed by atoms with E-state index in [0.717, 1.165) is 11.3 Å². The first-order valence-corrected chi connectivity index (χ1v) is 7.42. The Labute approximate surface area is 134 Å². The molecule has 0 fully saturated rings. The van der Waals surface area contributed by atoms with Crippen LogP contribution < -0.4 is 14.4 Å². The third-order valence-electron chi connectivity index (χ3n) is 3.59. The quantitative estimate of drug-likeness (QED) is 0.871. The summed E-state index contributed by atoms with van der Waals surface area (Å²) in [6.07, 6.45) is 0.255. The number of anilines is 1. The number of carbonyl (C=O) groups excluding carboxylic acids is 1. The van der Waals surface area contributed by atoms with Gasteiger partial charge in [0.15, 0.2) is 11.5 Å². The minimum atomic E-state index is -0.0372. The summed E-state index contributed by atoms with van der Waals surface area (Å²) in [5, 5.41) is 0.603. The minimum absolute atomic E-state index is 0.0372. The summed E-state index contributed by atoms with van der Waals surface area (Å²) < 4.78 is 11.0. The summed E-state index contributed by atoms with van der Waals surface area (Å²) in [5.41, 5.74) is 1.58. The van der Waals surface area contributed by atoms with Crippen LogP contribution in [-0.4, -0.2) is 26.2 Å². The topological polar surface area (TPSA) is 38.8 Å². The predicted octanol–water partition coefficient (Wildman–Crippen LogP) is 3.32. The van der Waals surface area contributed by atoms with Gasteiger partial charge in [-0.15, -0.1) is 0 Å². The van der Waals surface area contributed by atoms with Crippen LogP contribution in [0.1, 0.15) is 5.56 Å². The molecule has 0 N–H and O–H groups in total. The second kappa shape index (κ2) is 6.28. The lowest BCUT2D eigenvalue weighted by Gasteiger charge is -2.22. The van der Waals surface area contributed by atoms with Gasteiger partial charge in [-0.3, -0.25) is 4.79 Å². The van der Waals surface area contributed by atoms with Crippen molar-refractivity contribution in [2.24, 2.45) is 0 Å². The maximum Gasteiger partial charge on any atom is 0.231 e. The van der Waals surface area contributed by atoms with Gasteiger partial charge in [0.2, 0.25) is 5.91 Å². The summed E-state index contributed by atoms with van der Waals surface area (Å²) in [6, 6.07) is 12.9. The zero-order valence-electron chi connectivity index (χ0n) is 12.2. The monoisotopic (exact) mass is 317 g/mol. The molecule has 2 aromatic rings. The van der Waals surface area contributed by atoms with E-state index in [1.807, 2.05) is 36.4 Å². The molecule has 0 saturated heterocycles. The second-order valence-corrected chi connectivity index (χ2v) is 5.46. The van der Waals surface area contributed by atoms with Crippen LogP contribution in [-0.2, 0) is 11.2 Å². The number of likely N-dealkylation sites (N-methyl/N-ethyl adjacent to an activating group) is 1. The molecule has 1 amide bonds. The third-order valence-corrected chi connectivity index (χ3v) is 3.96. The van der Waals surface area contributed by atoms with Gasteiger partial charge in [0.1, 0.15) is 13.2 Å². The molecule has 0 aliphatic carbocycles. The highest BCUT2D eigenvalue weighted by molar-refractivity contribution is 6.31. The molecule has 3 rings (SSSR count). The Bertz CT molecular complexity index is 702. The maximum absolute atomic E-state index is 12.4. The second-order valence-electron chi connectivity index (χ2n) is 5.05. The van der Waals surface area contributed by atoms with Crippen molar-refractivity contribution in [2.75, 3.05) is 25.2 Å². The molecular weight excluding hydrogens is 302 g/mol. The van der Waals surface area contributed by atoms with E-state index in [9.17, 15) is 4.79 Å². The predicted molar refractivity (Wildman–Crippen MR) is 86.0 cm³/mol. The zero-order chi connectivity index (χ0) is 15.5. The van der Waals surface area contributed by atoms with E-state index in [1.165, 1.54) is 0 Å². The lowest BCUT2D eigenvalue weighted by atomic mass is 10.1. The Morgan fingerprint density at radius 2 is 1.86 bits per heavy atom. The fourth-order valence-electron chi connectivity index (χ4n) is 2.31. The molecule has 0 saturated carbocycles. The normalized spacial score (nSPS) is 12.8. The average molecular weight is 318 g/mol. The van der Waals surface area contributed by atoms with Gasteiger partial charge < -0.3 is 14.4 Å². The van der Waals surface area contributed by atoms with Gasteiger partial charge in [-0.05, 0) is 23.8 Å². The number of amides is 1. The van der Waals surface area contributed by atoms with Crippen molar-refractivity contribution in [3.63, 3.8) is 0 Å². The number of fused-ring (bicyclic) bond motifs is 1. The minimum Gasteiger partial charge on any atom is -0.486 e.